The molecule has 26 heavy (non-hydrogen) atoms. The van der Waals surface area contributed by atoms with Gasteiger partial charge < -0.3 is 14.9 Å². The molecule has 1 heterocycles. The van der Waals surface area contributed by atoms with Gasteiger partial charge in [-0.2, -0.15) is 0 Å². The molecule has 8 nitrogen and oxygen atoms in total. The topological polar surface area (TPSA) is 110 Å². The minimum atomic E-state index is -0.934. The van der Waals surface area contributed by atoms with E-state index in [-0.39, 0.29) is 41.3 Å². The molecule has 0 aliphatic rings. The molecule has 10 heteroatoms. The van der Waals surface area contributed by atoms with E-state index >= 15 is 0 Å². The summed E-state index contributed by atoms with van der Waals surface area (Å²) in [6.07, 6.45) is 0. The van der Waals surface area contributed by atoms with Crippen LogP contribution in [0.1, 0.15) is 15.9 Å². The van der Waals surface area contributed by atoms with Crippen molar-refractivity contribution in [2.24, 2.45) is 0 Å². The third kappa shape index (κ3) is 3.46. The van der Waals surface area contributed by atoms with Crippen molar-refractivity contribution in [2.75, 3.05) is 18.5 Å². The molecule has 0 atom stereocenters. The van der Waals surface area contributed by atoms with Crippen LogP contribution in [0, 0.1) is 18.6 Å². The van der Waals surface area contributed by atoms with E-state index in [2.05, 4.69) is 21.2 Å². The normalized spacial score (nSPS) is 10.9. The molecule has 2 aromatic carbocycles. The highest BCUT2D eigenvalue weighted by Crippen LogP contribution is 2.31. The number of aryl methyl sites for hydroxylation is 1. The van der Waals surface area contributed by atoms with Gasteiger partial charge in [-0.3, -0.25) is 9.63 Å². The number of aliphatic hydroxyl groups excluding tert-OH is 1. The van der Waals surface area contributed by atoms with Crippen molar-refractivity contribution in [1.29, 1.82) is 0 Å². The summed E-state index contributed by atoms with van der Waals surface area (Å²) in [6.45, 7) is 1.23. The van der Waals surface area contributed by atoms with Crippen LogP contribution >= 0.6 is 0 Å². The monoisotopic (exact) mass is 364 g/mol. The quantitative estimate of drug-likeness (QED) is 0.454. The molecule has 0 saturated heterocycles. The number of hydrogen-bond donors (Lipinski definition) is 3. The van der Waals surface area contributed by atoms with Crippen molar-refractivity contribution in [3.8, 4) is 0 Å². The van der Waals surface area contributed by atoms with Gasteiger partial charge in [0.15, 0.2) is 16.9 Å². The second kappa shape index (κ2) is 7.42. The molecule has 0 aliphatic heterocycles. The van der Waals surface area contributed by atoms with Gasteiger partial charge in [-0.25, -0.2) is 14.3 Å². The van der Waals surface area contributed by atoms with Crippen LogP contribution in [-0.2, 0) is 4.84 Å². The Morgan fingerprint density at radius 2 is 2.15 bits per heavy atom. The number of amides is 1. The number of carbonyl (C=O) groups excluding carboxylic acids is 1. The molecule has 3 N–H and O–H groups in total. The number of benzene rings is 2. The highest BCUT2D eigenvalue weighted by atomic mass is 19.1. The first-order valence-corrected chi connectivity index (χ1v) is 7.52. The highest BCUT2D eigenvalue weighted by Gasteiger charge is 2.23. The lowest BCUT2D eigenvalue weighted by atomic mass is 10.1. The summed E-state index contributed by atoms with van der Waals surface area (Å²) in [4.78, 5) is 17.0. The Morgan fingerprint density at radius 1 is 1.35 bits per heavy atom. The van der Waals surface area contributed by atoms with E-state index in [4.69, 9.17) is 14.5 Å². The molecule has 0 aliphatic carbocycles. The van der Waals surface area contributed by atoms with E-state index in [1.54, 1.807) is 13.0 Å². The first kappa shape index (κ1) is 17.7. The second-order valence-corrected chi connectivity index (χ2v) is 5.34. The van der Waals surface area contributed by atoms with E-state index < -0.39 is 17.5 Å². The molecule has 3 rings (SSSR count). The number of rotatable bonds is 6. The maximum absolute atomic E-state index is 14.8. The number of nitrogens with zero attached hydrogens (tertiary/aromatic N) is 2. The average molecular weight is 364 g/mol. The summed E-state index contributed by atoms with van der Waals surface area (Å²) in [7, 11) is 0. The first-order chi connectivity index (χ1) is 12.5. The van der Waals surface area contributed by atoms with E-state index in [0.717, 1.165) is 0 Å². The number of nitrogens with one attached hydrogen (secondary N) is 2. The lowest BCUT2D eigenvalue weighted by Crippen LogP contribution is -2.26. The molecular weight excluding hydrogens is 350 g/mol. The second-order valence-electron chi connectivity index (χ2n) is 5.34. The predicted octanol–water partition coefficient (Wildman–Crippen LogP) is 2.21. The molecule has 1 aromatic heterocycles. The first-order valence-electron chi connectivity index (χ1n) is 7.52. The summed E-state index contributed by atoms with van der Waals surface area (Å²) in [5.41, 5.74) is 1.89. The largest absolute Gasteiger partial charge is 0.394 e. The van der Waals surface area contributed by atoms with Crippen molar-refractivity contribution in [3.05, 3.63) is 47.0 Å². The number of fused-ring (bicyclic) bond motifs is 1. The number of hydrogen-bond acceptors (Lipinski definition) is 7. The molecule has 0 unspecified atom stereocenters. The summed E-state index contributed by atoms with van der Waals surface area (Å²) in [5.74, 6) is -2.38. The van der Waals surface area contributed by atoms with Crippen molar-refractivity contribution in [3.63, 3.8) is 0 Å². The van der Waals surface area contributed by atoms with Crippen molar-refractivity contribution in [2.45, 2.75) is 6.92 Å². The van der Waals surface area contributed by atoms with E-state index in [1.807, 2.05) is 0 Å². The van der Waals surface area contributed by atoms with Crippen LogP contribution in [0.25, 0.3) is 11.1 Å². The fourth-order valence-electron chi connectivity index (χ4n) is 2.26. The Labute approximate surface area is 145 Å². The SMILES string of the molecule is Cc1ccc(Nc2c(C(=O)NOCCO)cc3onnc3c2F)c(F)c1. The third-order valence-corrected chi connectivity index (χ3v) is 3.47. The zero-order chi connectivity index (χ0) is 18.7. The van der Waals surface area contributed by atoms with Crippen molar-refractivity contribution < 1.29 is 28.0 Å². The Hall–Kier alpha value is -3.11. The summed E-state index contributed by atoms with van der Waals surface area (Å²) < 4.78 is 33.7. The zero-order valence-electron chi connectivity index (χ0n) is 13.5. The van der Waals surface area contributed by atoms with Gasteiger partial charge in [0.05, 0.1) is 30.2 Å². The lowest BCUT2D eigenvalue weighted by Gasteiger charge is -2.14. The number of aromatic nitrogens is 2. The summed E-state index contributed by atoms with van der Waals surface area (Å²) in [5, 5.41) is 18.0. The molecule has 0 bridgehead atoms. The van der Waals surface area contributed by atoms with Crippen LogP contribution < -0.4 is 10.8 Å². The predicted molar refractivity (Wildman–Crippen MR) is 86.7 cm³/mol. The lowest BCUT2D eigenvalue weighted by molar-refractivity contribution is 0.0169. The number of aliphatic hydroxyl groups is 1. The van der Waals surface area contributed by atoms with Crippen molar-refractivity contribution in [1.82, 2.24) is 15.9 Å². The maximum atomic E-state index is 14.8. The van der Waals surface area contributed by atoms with Gasteiger partial charge in [0, 0.05) is 11.3 Å². The van der Waals surface area contributed by atoms with Gasteiger partial charge in [0.2, 0.25) is 0 Å². The molecule has 3 aromatic rings. The number of halogens is 2. The van der Waals surface area contributed by atoms with Gasteiger partial charge >= 0.3 is 0 Å². The number of hydroxylamine groups is 1. The summed E-state index contributed by atoms with van der Waals surface area (Å²) in [6, 6.07) is 5.51. The van der Waals surface area contributed by atoms with Gasteiger partial charge in [0.1, 0.15) is 5.82 Å². The fourth-order valence-corrected chi connectivity index (χ4v) is 2.26. The van der Waals surface area contributed by atoms with Gasteiger partial charge in [0.25, 0.3) is 5.91 Å². The zero-order valence-corrected chi connectivity index (χ0v) is 13.5. The highest BCUT2D eigenvalue weighted by molar-refractivity contribution is 6.03. The number of anilines is 2. The minimum absolute atomic E-state index is 0.0318. The standard InChI is InChI=1S/C16H14F2N4O4/c1-8-2-3-11(10(17)6-8)19-14-9(16(24)21-25-5-4-23)7-12-15(13(14)18)20-22-26-12/h2-3,6-7,19,23H,4-5H2,1H3,(H,21,24). The Balaban J connectivity index is 2.04. The van der Waals surface area contributed by atoms with E-state index in [1.165, 1.54) is 18.2 Å². The molecule has 0 spiro atoms. The Kier molecular flexibility index (Phi) is 5.05. The summed E-state index contributed by atoms with van der Waals surface area (Å²) >= 11 is 0. The molecular formula is C16H14F2N4O4. The minimum Gasteiger partial charge on any atom is -0.394 e. The van der Waals surface area contributed by atoms with Crippen LogP contribution in [0.3, 0.4) is 0 Å². The van der Waals surface area contributed by atoms with Crippen molar-refractivity contribution >= 4 is 28.4 Å². The molecule has 1 amide bonds. The van der Waals surface area contributed by atoms with E-state index in [9.17, 15) is 13.6 Å². The average Bonchev–Trinajstić information content (AvgIpc) is 3.08. The van der Waals surface area contributed by atoms with E-state index in [0.29, 0.717) is 5.56 Å². The van der Waals surface area contributed by atoms with Crippen LogP contribution in [-0.4, -0.2) is 34.6 Å². The Morgan fingerprint density at radius 3 is 2.88 bits per heavy atom. The van der Waals surface area contributed by atoms with Gasteiger partial charge in [-0.15, -0.1) is 5.10 Å². The Bertz CT molecular complexity index is 961. The molecule has 0 radical (unpaired) electrons. The third-order valence-electron chi connectivity index (χ3n) is 3.47. The molecule has 136 valence electrons. The van der Waals surface area contributed by atoms with Crippen LogP contribution in [0.2, 0.25) is 0 Å². The van der Waals surface area contributed by atoms with Gasteiger partial charge in [-0.1, -0.05) is 6.07 Å². The van der Waals surface area contributed by atoms with Gasteiger partial charge in [-0.05, 0) is 24.6 Å². The maximum Gasteiger partial charge on any atom is 0.277 e. The fraction of sp³-hybridized carbons (Fsp3) is 0.188. The van der Waals surface area contributed by atoms with Crippen LogP contribution in [0.15, 0.2) is 28.8 Å². The number of carbonyl (C=O) groups is 1. The molecule has 0 fully saturated rings. The van der Waals surface area contributed by atoms with Crippen LogP contribution in [0.4, 0.5) is 20.2 Å². The smallest absolute Gasteiger partial charge is 0.277 e. The molecule has 0 saturated carbocycles. The van der Waals surface area contributed by atoms with Crippen LogP contribution in [0.5, 0.6) is 0 Å².